The quantitative estimate of drug-likeness (QED) is 0.558. The van der Waals surface area contributed by atoms with Crippen LogP contribution in [0.2, 0.25) is 0 Å². The molecule has 2 aromatic rings. The summed E-state index contributed by atoms with van der Waals surface area (Å²) >= 11 is 1.56. The fraction of sp³-hybridized carbons (Fsp3) is 0.500. The highest BCUT2D eigenvalue weighted by atomic mass is 32.1. The van der Waals surface area contributed by atoms with E-state index in [0.717, 1.165) is 15.2 Å². The first-order valence-electron chi connectivity index (χ1n) is 8.38. The minimum Gasteiger partial charge on any atom is -0.348 e. The minimum atomic E-state index is -0.553. The highest BCUT2D eigenvalue weighted by Crippen LogP contribution is 2.32. The zero-order chi connectivity index (χ0) is 17.4. The molecule has 9 heteroatoms. The van der Waals surface area contributed by atoms with Gasteiger partial charge < -0.3 is 5.32 Å². The summed E-state index contributed by atoms with van der Waals surface area (Å²) in [7, 11) is 0. The van der Waals surface area contributed by atoms with Gasteiger partial charge in [0.1, 0.15) is 11.0 Å². The van der Waals surface area contributed by atoms with Crippen molar-refractivity contribution in [2.24, 2.45) is 5.92 Å². The maximum Gasteiger partial charge on any atom is 0.239 e. The molecular weight excluding hydrogens is 342 g/mol. The van der Waals surface area contributed by atoms with Gasteiger partial charge in [-0.25, -0.2) is 10.4 Å². The summed E-state index contributed by atoms with van der Waals surface area (Å²) in [4.78, 5) is 27.9. The first-order chi connectivity index (χ1) is 12.1. The molecule has 0 bridgehead atoms. The molecule has 4 rings (SSSR count). The normalized spacial score (nSPS) is 28.6. The number of amides is 1. The smallest absolute Gasteiger partial charge is 0.239 e. The summed E-state index contributed by atoms with van der Waals surface area (Å²) in [5.74, 6) is -0.192. The van der Waals surface area contributed by atoms with Gasteiger partial charge in [-0.05, 0) is 18.6 Å². The lowest BCUT2D eigenvalue weighted by atomic mass is 9.79. The predicted molar refractivity (Wildman–Crippen MR) is 93.4 cm³/mol. The van der Waals surface area contributed by atoms with Crippen molar-refractivity contribution in [1.29, 1.82) is 0 Å². The van der Waals surface area contributed by atoms with Crippen LogP contribution in [0, 0.1) is 16.0 Å². The van der Waals surface area contributed by atoms with Crippen LogP contribution in [-0.2, 0) is 11.3 Å². The number of hydrogen-bond donors (Lipinski definition) is 3. The van der Waals surface area contributed by atoms with Crippen LogP contribution in [0.5, 0.6) is 0 Å². The van der Waals surface area contributed by atoms with E-state index in [1.807, 2.05) is 24.3 Å². The number of carbonyl (C=O) groups excluding carboxylic acids is 1. The van der Waals surface area contributed by atoms with Gasteiger partial charge in [0.25, 0.3) is 0 Å². The van der Waals surface area contributed by atoms with Crippen LogP contribution in [0.1, 0.15) is 24.3 Å². The molecule has 1 aromatic carbocycles. The van der Waals surface area contributed by atoms with E-state index >= 15 is 0 Å². The molecule has 1 aromatic heterocycles. The van der Waals surface area contributed by atoms with Crippen molar-refractivity contribution in [3.05, 3.63) is 39.4 Å². The molecule has 8 nitrogen and oxygen atoms in total. The molecule has 1 saturated heterocycles. The topological polar surface area (TPSA) is 109 Å². The Morgan fingerprint density at radius 2 is 2.20 bits per heavy atom. The Bertz CT molecular complexity index is 777. The molecule has 4 unspecified atom stereocenters. The second kappa shape index (κ2) is 6.66. The summed E-state index contributed by atoms with van der Waals surface area (Å²) in [6.45, 7) is 0.367. The van der Waals surface area contributed by atoms with Crippen LogP contribution in [-0.4, -0.2) is 33.9 Å². The third-order valence-electron chi connectivity index (χ3n) is 5.06. The summed E-state index contributed by atoms with van der Waals surface area (Å²) < 4.78 is 1.09. The highest BCUT2D eigenvalue weighted by Gasteiger charge is 2.46. The van der Waals surface area contributed by atoms with E-state index in [-0.39, 0.29) is 22.8 Å². The average molecular weight is 361 g/mol. The second-order valence-electron chi connectivity index (χ2n) is 6.58. The zero-order valence-corrected chi connectivity index (χ0v) is 14.3. The summed E-state index contributed by atoms with van der Waals surface area (Å²) in [6.07, 6.45) is 1.70. The SMILES string of the molecule is O=C(NCc1nc2ccccc2s1)C1NNC2CCC([N+](=O)[O-])CC21. The Hall–Kier alpha value is -2.10. The van der Waals surface area contributed by atoms with Crippen molar-refractivity contribution in [1.82, 2.24) is 21.2 Å². The number of nitrogens with one attached hydrogen (secondary N) is 3. The van der Waals surface area contributed by atoms with Crippen LogP contribution in [0.15, 0.2) is 24.3 Å². The Labute approximate surface area is 148 Å². The van der Waals surface area contributed by atoms with Crippen molar-refractivity contribution in [2.75, 3.05) is 0 Å². The number of aromatic nitrogens is 1. The Morgan fingerprint density at radius 1 is 1.36 bits per heavy atom. The van der Waals surface area contributed by atoms with Gasteiger partial charge >= 0.3 is 0 Å². The molecule has 3 N–H and O–H groups in total. The van der Waals surface area contributed by atoms with E-state index in [1.54, 1.807) is 11.3 Å². The number of nitrogens with zero attached hydrogens (tertiary/aromatic N) is 2. The number of carbonyl (C=O) groups is 1. The molecule has 1 aliphatic carbocycles. The fourth-order valence-corrected chi connectivity index (χ4v) is 4.66. The number of nitro groups is 1. The van der Waals surface area contributed by atoms with Gasteiger partial charge in [0.2, 0.25) is 11.9 Å². The summed E-state index contributed by atoms with van der Waals surface area (Å²) in [5, 5.41) is 14.8. The van der Waals surface area contributed by atoms with Gasteiger partial charge in [-0.15, -0.1) is 11.3 Å². The van der Waals surface area contributed by atoms with Crippen molar-refractivity contribution in [2.45, 2.75) is 43.9 Å². The largest absolute Gasteiger partial charge is 0.348 e. The molecule has 132 valence electrons. The van der Waals surface area contributed by atoms with Crippen LogP contribution < -0.4 is 16.2 Å². The van der Waals surface area contributed by atoms with E-state index < -0.39 is 12.1 Å². The van der Waals surface area contributed by atoms with Gasteiger partial charge in [0.15, 0.2) is 0 Å². The lowest BCUT2D eigenvalue weighted by Gasteiger charge is -2.28. The number of para-hydroxylation sites is 1. The van der Waals surface area contributed by atoms with Crippen LogP contribution in [0.4, 0.5) is 0 Å². The maximum atomic E-state index is 12.6. The van der Waals surface area contributed by atoms with Gasteiger partial charge in [-0.2, -0.15) is 0 Å². The molecule has 25 heavy (non-hydrogen) atoms. The number of hydrogen-bond acceptors (Lipinski definition) is 7. The molecule has 2 fully saturated rings. The second-order valence-corrected chi connectivity index (χ2v) is 7.70. The van der Waals surface area contributed by atoms with Crippen LogP contribution in [0.3, 0.4) is 0 Å². The van der Waals surface area contributed by atoms with E-state index in [0.29, 0.717) is 25.8 Å². The molecule has 1 amide bonds. The summed E-state index contributed by atoms with van der Waals surface area (Å²) in [6, 6.07) is 6.98. The first kappa shape index (κ1) is 16.4. The van der Waals surface area contributed by atoms with Crippen LogP contribution >= 0.6 is 11.3 Å². The lowest BCUT2D eigenvalue weighted by molar-refractivity contribution is -0.528. The molecule has 0 radical (unpaired) electrons. The van der Waals surface area contributed by atoms with Crippen molar-refractivity contribution in [3.8, 4) is 0 Å². The van der Waals surface area contributed by atoms with Crippen molar-refractivity contribution < 1.29 is 9.72 Å². The maximum absolute atomic E-state index is 12.6. The Balaban J connectivity index is 1.39. The molecule has 4 atom stereocenters. The van der Waals surface area contributed by atoms with E-state index in [4.69, 9.17) is 0 Å². The third kappa shape index (κ3) is 3.22. The van der Waals surface area contributed by atoms with Gasteiger partial charge in [0, 0.05) is 29.7 Å². The third-order valence-corrected chi connectivity index (χ3v) is 6.09. The number of rotatable bonds is 4. The predicted octanol–water partition coefficient (Wildman–Crippen LogP) is 1.20. The minimum absolute atomic E-state index is 0.0560. The zero-order valence-electron chi connectivity index (χ0n) is 13.5. The van der Waals surface area contributed by atoms with E-state index in [2.05, 4.69) is 21.2 Å². The van der Waals surface area contributed by atoms with Crippen molar-refractivity contribution in [3.63, 3.8) is 0 Å². The van der Waals surface area contributed by atoms with Gasteiger partial charge in [-0.1, -0.05) is 12.1 Å². The molecule has 2 aliphatic rings. The van der Waals surface area contributed by atoms with Gasteiger partial charge in [0.05, 0.1) is 16.8 Å². The van der Waals surface area contributed by atoms with Crippen LogP contribution in [0.25, 0.3) is 10.2 Å². The Kier molecular flexibility index (Phi) is 4.36. The Morgan fingerprint density at radius 3 is 3.00 bits per heavy atom. The average Bonchev–Trinajstić information content (AvgIpc) is 3.22. The van der Waals surface area contributed by atoms with Gasteiger partial charge in [-0.3, -0.25) is 20.3 Å². The molecule has 1 saturated carbocycles. The first-order valence-corrected chi connectivity index (χ1v) is 9.20. The molecule has 1 aliphatic heterocycles. The number of thiazole rings is 1. The number of benzene rings is 1. The van der Waals surface area contributed by atoms with E-state index in [9.17, 15) is 14.9 Å². The molecular formula is C16H19N5O3S. The van der Waals surface area contributed by atoms with Crippen molar-refractivity contribution >= 4 is 27.5 Å². The molecule has 2 heterocycles. The standard InChI is InChI=1S/C16H19N5O3S/c22-16(17-8-14-18-12-3-1-2-4-13(12)25-14)15-10-7-9(21(23)24)5-6-11(10)19-20-15/h1-4,9-11,15,19-20H,5-8H2,(H,17,22). The van der Waals surface area contributed by atoms with E-state index in [1.165, 1.54) is 0 Å². The monoisotopic (exact) mass is 361 g/mol. The molecule has 0 spiro atoms. The highest BCUT2D eigenvalue weighted by molar-refractivity contribution is 7.18. The lowest BCUT2D eigenvalue weighted by Crippen LogP contribution is -2.46. The number of fused-ring (bicyclic) bond motifs is 2. The number of hydrazine groups is 1. The fourth-order valence-electron chi connectivity index (χ4n) is 3.75. The summed E-state index contributed by atoms with van der Waals surface area (Å²) in [5.41, 5.74) is 7.07.